The van der Waals surface area contributed by atoms with Crippen LogP contribution >= 0.6 is 0 Å². The fourth-order valence-electron chi connectivity index (χ4n) is 3.93. The normalized spacial score (nSPS) is 23.7. The third-order valence-electron chi connectivity index (χ3n) is 5.61. The van der Waals surface area contributed by atoms with Crippen LogP contribution in [0.2, 0.25) is 0 Å². The van der Waals surface area contributed by atoms with E-state index in [0.29, 0.717) is 5.92 Å². The number of likely N-dealkylation sites (N-methyl/N-ethyl adjacent to an activating group) is 1. The number of aromatic nitrogens is 2. The van der Waals surface area contributed by atoms with Crippen molar-refractivity contribution in [2.75, 3.05) is 26.2 Å². The number of aliphatic carboxylic acids is 1. The Morgan fingerprint density at radius 3 is 2.62 bits per heavy atom. The molecule has 26 heavy (non-hydrogen) atoms. The van der Waals surface area contributed by atoms with Crippen molar-refractivity contribution >= 4 is 12.0 Å². The topological polar surface area (TPSA) is 90.7 Å². The number of rotatable bonds is 7. The van der Waals surface area contributed by atoms with Crippen LogP contribution in [0, 0.1) is 5.92 Å². The first kappa shape index (κ1) is 18.7. The van der Waals surface area contributed by atoms with Gasteiger partial charge in [0.25, 0.3) is 0 Å². The Morgan fingerprint density at radius 2 is 2.04 bits per heavy atom. The number of carboxylic acid groups (broad SMARTS) is 1. The molecule has 1 aliphatic carbocycles. The molecule has 2 fully saturated rings. The number of carbonyl (C=O) groups excluding carboxylic acids is 1. The van der Waals surface area contributed by atoms with Gasteiger partial charge in [0.05, 0.1) is 6.54 Å². The quantitative estimate of drug-likeness (QED) is 0.761. The fourth-order valence-corrected chi connectivity index (χ4v) is 3.93. The predicted molar refractivity (Wildman–Crippen MR) is 96.7 cm³/mol. The third kappa shape index (κ3) is 4.75. The summed E-state index contributed by atoms with van der Waals surface area (Å²) < 4.78 is 1.96. The molecular formula is C18H29N5O3. The largest absolute Gasteiger partial charge is 0.480 e. The van der Waals surface area contributed by atoms with E-state index in [1.54, 1.807) is 6.20 Å². The lowest BCUT2D eigenvalue weighted by Crippen LogP contribution is -2.57. The molecule has 2 heterocycles. The van der Waals surface area contributed by atoms with Crippen LogP contribution in [0.5, 0.6) is 0 Å². The maximum atomic E-state index is 12.4. The van der Waals surface area contributed by atoms with E-state index in [0.717, 1.165) is 51.9 Å². The molecule has 0 unspecified atom stereocenters. The van der Waals surface area contributed by atoms with E-state index < -0.39 is 5.97 Å². The average Bonchev–Trinajstić information content (AvgIpc) is 3.09. The third-order valence-corrected chi connectivity index (χ3v) is 5.61. The van der Waals surface area contributed by atoms with Crippen molar-refractivity contribution in [2.24, 2.45) is 5.92 Å². The van der Waals surface area contributed by atoms with Crippen LogP contribution in [0.15, 0.2) is 18.5 Å². The van der Waals surface area contributed by atoms with Crippen LogP contribution in [0.4, 0.5) is 4.79 Å². The highest BCUT2D eigenvalue weighted by molar-refractivity contribution is 5.74. The molecule has 8 nitrogen and oxygen atoms in total. The minimum atomic E-state index is -0.794. The molecule has 144 valence electrons. The molecule has 1 aromatic heterocycles. The minimum Gasteiger partial charge on any atom is -0.480 e. The number of nitrogens with zero attached hydrogens (tertiary/aromatic N) is 4. The summed E-state index contributed by atoms with van der Waals surface area (Å²) in [4.78, 5) is 27.2. The number of hydrogen-bond acceptors (Lipinski definition) is 4. The number of amides is 2. The number of piperidine rings is 1. The molecule has 2 amide bonds. The van der Waals surface area contributed by atoms with Crippen molar-refractivity contribution in [1.29, 1.82) is 0 Å². The Balaban J connectivity index is 1.35. The Hall–Kier alpha value is -2.09. The smallest absolute Gasteiger partial charge is 0.317 e. The Morgan fingerprint density at radius 1 is 1.31 bits per heavy atom. The molecule has 0 radical (unpaired) electrons. The molecule has 1 aliphatic heterocycles. The first-order valence-electron chi connectivity index (χ1n) is 9.53. The number of likely N-dealkylation sites (tertiary alicyclic amines) is 1. The second-order valence-electron chi connectivity index (χ2n) is 7.39. The summed E-state index contributed by atoms with van der Waals surface area (Å²) in [5, 5.41) is 16.3. The van der Waals surface area contributed by atoms with Crippen molar-refractivity contribution in [3.63, 3.8) is 0 Å². The van der Waals surface area contributed by atoms with Gasteiger partial charge in [0, 0.05) is 44.1 Å². The molecule has 1 saturated heterocycles. The summed E-state index contributed by atoms with van der Waals surface area (Å²) in [6, 6.07) is 2.38. The fraction of sp³-hybridized carbons (Fsp3) is 0.722. The monoisotopic (exact) mass is 363 g/mol. The van der Waals surface area contributed by atoms with Crippen LogP contribution in [-0.4, -0.2) is 74.9 Å². The number of hydrogen-bond donors (Lipinski definition) is 2. The van der Waals surface area contributed by atoms with Gasteiger partial charge < -0.3 is 15.3 Å². The summed E-state index contributed by atoms with van der Waals surface area (Å²) in [6.07, 6.45) is 7.46. The van der Waals surface area contributed by atoms with Crippen molar-refractivity contribution in [2.45, 2.75) is 51.2 Å². The molecular weight excluding hydrogens is 334 g/mol. The van der Waals surface area contributed by atoms with E-state index in [-0.39, 0.29) is 24.7 Å². The molecule has 8 heteroatoms. The van der Waals surface area contributed by atoms with Gasteiger partial charge in [-0.05, 0) is 44.2 Å². The zero-order chi connectivity index (χ0) is 18.5. The minimum absolute atomic E-state index is 0.0206. The van der Waals surface area contributed by atoms with Crippen LogP contribution in [0.25, 0.3) is 0 Å². The van der Waals surface area contributed by atoms with Crippen molar-refractivity contribution in [3.05, 3.63) is 18.5 Å². The van der Waals surface area contributed by atoms with E-state index >= 15 is 0 Å². The van der Waals surface area contributed by atoms with Gasteiger partial charge in [0.1, 0.15) is 0 Å². The van der Waals surface area contributed by atoms with E-state index in [2.05, 4.69) is 10.4 Å². The second kappa shape index (κ2) is 8.53. The molecule has 0 atom stereocenters. The zero-order valence-electron chi connectivity index (χ0n) is 15.4. The number of carboxylic acids is 1. The number of nitrogens with one attached hydrogen (secondary N) is 1. The zero-order valence-corrected chi connectivity index (χ0v) is 15.4. The molecule has 1 saturated carbocycles. The number of urea groups is 1. The van der Waals surface area contributed by atoms with Gasteiger partial charge in [0.2, 0.25) is 0 Å². The first-order chi connectivity index (χ1) is 12.5. The van der Waals surface area contributed by atoms with E-state index in [9.17, 15) is 9.59 Å². The standard InChI is InChI=1S/C18H29N5O3/c1-2-21(13-17(24)25)16-10-15(11-16)20-18(26)22-8-4-14(5-9-22)12-23-7-3-6-19-23/h3,6-7,14-16H,2,4-5,8-13H2,1H3,(H,20,26)(H,24,25). The lowest BCUT2D eigenvalue weighted by molar-refractivity contribution is -0.139. The molecule has 0 bridgehead atoms. The Labute approximate surface area is 154 Å². The Bertz CT molecular complexity index is 592. The van der Waals surface area contributed by atoms with E-state index in [1.807, 2.05) is 33.7 Å². The van der Waals surface area contributed by atoms with Crippen molar-refractivity contribution in [3.8, 4) is 0 Å². The van der Waals surface area contributed by atoms with E-state index in [4.69, 9.17) is 5.11 Å². The summed E-state index contributed by atoms with van der Waals surface area (Å²) >= 11 is 0. The van der Waals surface area contributed by atoms with Gasteiger partial charge >= 0.3 is 12.0 Å². The predicted octanol–water partition coefficient (Wildman–Crippen LogP) is 1.24. The van der Waals surface area contributed by atoms with E-state index in [1.165, 1.54) is 0 Å². The van der Waals surface area contributed by atoms with Gasteiger partial charge in [-0.25, -0.2) is 4.79 Å². The van der Waals surface area contributed by atoms with Crippen molar-refractivity contribution in [1.82, 2.24) is 24.9 Å². The van der Waals surface area contributed by atoms with Crippen LogP contribution in [-0.2, 0) is 11.3 Å². The van der Waals surface area contributed by atoms with Gasteiger partial charge in [-0.3, -0.25) is 14.4 Å². The van der Waals surface area contributed by atoms with Crippen LogP contribution < -0.4 is 5.32 Å². The summed E-state index contributed by atoms with van der Waals surface area (Å²) in [7, 11) is 0. The highest BCUT2D eigenvalue weighted by atomic mass is 16.4. The van der Waals surface area contributed by atoms with Gasteiger partial charge in [-0.1, -0.05) is 6.92 Å². The maximum absolute atomic E-state index is 12.4. The molecule has 3 rings (SSSR count). The molecule has 0 spiro atoms. The van der Waals surface area contributed by atoms with Gasteiger partial charge in [-0.15, -0.1) is 0 Å². The van der Waals surface area contributed by atoms with Gasteiger partial charge in [-0.2, -0.15) is 5.10 Å². The second-order valence-corrected chi connectivity index (χ2v) is 7.39. The lowest BCUT2D eigenvalue weighted by Gasteiger charge is -2.43. The van der Waals surface area contributed by atoms with Crippen LogP contribution in [0.1, 0.15) is 32.6 Å². The Kier molecular flexibility index (Phi) is 6.13. The SMILES string of the molecule is CCN(CC(=O)O)C1CC(NC(=O)N2CCC(Cn3cccn3)CC2)C1. The summed E-state index contributed by atoms with van der Waals surface area (Å²) in [5.41, 5.74) is 0. The lowest BCUT2D eigenvalue weighted by atomic mass is 9.85. The highest BCUT2D eigenvalue weighted by Gasteiger charge is 2.35. The number of carbonyl (C=O) groups is 2. The first-order valence-corrected chi connectivity index (χ1v) is 9.53. The van der Waals surface area contributed by atoms with Gasteiger partial charge in [0.15, 0.2) is 0 Å². The molecule has 2 aliphatic rings. The summed E-state index contributed by atoms with van der Waals surface area (Å²) in [5.74, 6) is -0.224. The molecule has 1 aromatic rings. The molecule has 2 N–H and O–H groups in total. The van der Waals surface area contributed by atoms with Crippen LogP contribution in [0.3, 0.4) is 0 Å². The molecule has 0 aromatic carbocycles. The van der Waals surface area contributed by atoms with Crippen molar-refractivity contribution < 1.29 is 14.7 Å². The average molecular weight is 363 g/mol. The summed E-state index contributed by atoms with van der Waals surface area (Å²) in [6.45, 7) is 5.26. The highest BCUT2D eigenvalue weighted by Crippen LogP contribution is 2.26. The maximum Gasteiger partial charge on any atom is 0.317 e.